The van der Waals surface area contributed by atoms with Crippen LogP contribution >= 0.6 is 11.3 Å². The number of carbonyl (C=O) groups excluding carboxylic acids is 1. The largest absolute Gasteiger partial charge is 0.366 e. The molecule has 0 saturated heterocycles. The van der Waals surface area contributed by atoms with Crippen molar-refractivity contribution in [3.05, 3.63) is 57.8 Å². The highest BCUT2D eigenvalue weighted by molar-refractivity contribution is 7.07. The minimum atomic E-state index is -0.386. The van der Waals surface area contributed by atoms with Crippen LogP contribution in [0.3, 0.4) is 0 Å². The van der Waals surface area contributed by atoms with Gasteiger partial charge in [-0.1, -0.05) is 12.1 Å². The smallest absolute Gasteiger partial charge is 0.248 e. The second-order valence-electron chi connectivity index (χ2n) is 4.22. The Bertz CT molecular complexity index is 522. The second-order valence-corrected chi connectivity index (χ2v) is 5.00. The van der Waals surface area contributed by atoms with E-state index in [1.165, 1.54) is 5.56 Å². The highest BCUT2D eigenvalue weighted by Crippen LogP contribution is 2.16. The topological polar surface area (TPSA) is 55.1 Å². The molecule has 3 nitrogen and oxygen atoms in total. The van der Waals surface area contributed by atoms with E-state index in [0.29, 0.717) is 11.6 Å². The van der Waals surface area contributed by atoms with Gasteiger partial charge in [0.25, 0.3) is 0 Å². The molecule has 4 heteroatoms. The Labute approximate surface area is 111 Å². The van der Waals surface area contributed by atoms with Crippen molar-refractivity contribution >= 4 is 17.2 Å². The van der Waals surface area contributed by atoms with Gasteiger partial charge in [0.05, 0.1) is 0 Å². The quantitative estimate of drug-likeness (QED) is 0.868. The standard InChI is InChI=1S/C14H16N2OS/c1-10(13-5-6-18-9-13)16-8-11-3-2-4-12(7-11)14(15)17/h2-7,9-10,16H,8H2,1H3,(H2,15,17). The van der Waals surface area contributed by atoms with Gasteiger partial charge in [-0.3, -0.25) is 4.79 Å². The summed E-state index contributed by atoms with van der Waals surface area (Å²) < 4.78 is 0. The van der Waals surface area contributed by atoms with Crippen molar-refractivity contribution < 1.29 is 4.79 Å². The van der Waals surface area contributed by atoms with Gasteiger partial charge >= 0.3 is 0 Å². The van der Waals surface area contributed by atoms with Gasteiger partial charge in [-0.25, -0.2) is 0 Å². The molecule has 0 aliphatic rings. The molecule has 1 aromatic heterocycles. The van der Waals surface area contributed by atoms with Crippen molar-refractivity contribution in [1.82, 2.24) is 5.32 Å². The Morgan fingerprint density at radius 1 is 1.44 bits per heavy atom. The maximum atomic E-state index is 11.1. The van der Waals surface area contributed by atoms with Crippen LogP contribution in [0.25, 0.3) is 0 Å². The SMILES string of the molecule is CC(NCc1cccc(C(N)=O)c1)c1ccsc1. The Hall–Kier alpha value is -1.65. The lowest BCUT2D eigenvalue weighted by Gasteiger charge is -2.12. The van der Waals surface area contributed by atoms with Crippen LogP contribution < -0.4 is 11.1 Å². The summed E-state index contributed by atoms with van der Waals surface area (Å²) >= 11 is 1.69. The molecule has 18 heavy (non-hydrogen) atoms. The molecule has 0 aliphatic carbocycles. The zero-order valence-corrected chi connectivity index (χ0v) is 11.0. The average Bonchev–Trinajstić information content (AvgIpc) is 2.90. The van der Waals surface area contributed by atoms with E-state index >= 15 is 0 Å². The number of primary amides is 1. The maximum Gasteiger partial charge on any atom is 0.248 e. The van der Waals surface area contributed by atoms with E-state index in [0.717, 1.165) is 12.1 Å². The second kappa shape index (κ2) is 5.80. The van der Waals surface area contributed by atoms with E-state index in [4.69, 9.17) is 5.73 Å². The van der Waals surface area contributed by atoms with Crippen LogP contribution in [0.4, 0.5) is 0 Å². The molecule has 0 fully saturated rings. The van der Waals surface area contributed by atoms with Crippen LogP contribution in [0.5, 0.6) is 0 Å². The van der Waals surface area contributed by atoms with E-state index in [1.54, 1.807) is 17.4 Å². The molecule has 94 valence electrons. The van der Waals surface area contributed by atoms with E-state index < -0.39 is 0 Å². The highest BCUT2D eigenvalue weighted by Gasteiger charge is 2.06. The zero-order valence-electron chi connectivity index (χ0n) is 10.2. The van der Waals surface area contributed by atoms with E-state index in [-0.39, 0.29) is 5.91 Å². The zero-order chi connectivity index (χ0) is 13.0. The fraction of sp³-hybridized carbons (Fsp3) is 0.214. The first-order valence-electron chi connectivity index (χ1n) is 5.81. The number of benzene rings is 1. The first kappa shape index (κ1) is 12.8. The van der Waals surface area contributed by atoms with Crippen molar-refractivity contribution in [1.29, 1.82) is 0 Å². The molecule has 2 rings (SSSR count). The summed E-state index contributed by atoms with van der Waals surface area (Å²) in [5, 5.41) is 7.63. The maximum absolute atomic E-state index is 11.1. The molecule has 0 spiro atoms. The van der Waals surface area contributed by atoms with Crippen LogP contribution in [0.1, 0.15) is 34.5 Å². The van der Waals surface area contributed by atoms with Crippen molar-refractivity contribution in [3.63, 3.8) is 0 Å². The number of nitrogens with one attached hydrogen (secondary N) is 1. The van der Waals surface area contributed by atoms with Crippen molar-refractivity contribution in [2.24, 2.45) is 5.73 Å². The number of hydrogen-bond acceptors (Lipinski definition) is 3. The molecule has 1 heterocycles. The van der Waals surface area contributed by atoms with Gasteiger partial charge in [0, 0.05) is 18.2 Å². The first-order chi connectivity index (χ1) is 8.66. The number of nitrogens with two attached hydrogens (primary N) is 1. The summed E-state index contributed by atoms with van der Waals surface area (Å²) in [6.45, 7) is 2.85. The lowest BCUT2D eigenvalue weighted by atomic mass is 10.1. The summed E-state index contributed by atoms with van der Waals surface area (Å²) in [6.07, 6.45) is 0. The summed E-state index contributed by atoms with van der Waals surface area (Å²) in [5.74, 6) is -0.386. The molecule has 1 unspecified atom stereocenters. The van der Waals surface area contributed by atoms with Crippen LogP contribution in [0.15, 0.2) is 41.1 Å². The summed E-state index contributed by atoms with van der Waals surface area (Å²) in [6, 6.07) is 9.81. The Morgan fingerprint density at radius 2 is 2.28 bits per heavy atom. The third kappa shape index (κ3) is 3.18. The minimum absolute atomic E-state index is 0.300. The van der Waals surface area contributed by atoms with Gasteiger partial charge in [-0.05, 0) is 47.0 Å². The van der Waals surface area contributed by atoms with Gasteiger partial charge in [0.15, 0.2) is 0 Å². The Morgan fingerprint density at radius 3 is 2.94 bits per heavy atom. The monoisotopic (exact) mass is 260 g/mol. The van der Waals surface area contributed by atoms with Gasteiger partial charge in [-0.2, -0.15) is 11.3 Å². The van der Waals surface area contributed by atoms with E-state index in [1.807, 2.05) is 18.2 Å². The lowest BCUT2D eigenvalue weighted by molar-refractivity contribution is 0.1000. The van der Waals surface area contributed by atoms with Crippen molar-refractivity contribution in [2.75, 3.05) is 0 Å². The third-order valence-electron chi connectivity index (χ3n) is 2.87. The van der Waals surface area contributed by atoms with E-state index in [9.17, 15) is 4.79 Å². The normalized spacial score (nSPS) is 12.3. The first-order valence-corrected chi connectivity index (χ1v) is 6.75. The average molecular weight is 260 g/mol. The van der Waals surface area contributed by atoms with Crippen LogP contribution in [0, 0.1) is 0 Å². The molecule has 3 N–H and O–H groups in total. The molecule has 0 aliphatic heterocycles. The third-order valence-corrected chi connectivity index (χ3v) is 3.57. The summed E-state index contributed by atoms with van der Waals surface area (Å²) in [5.41, 5.74) is 8.16. The Balaban J connectivity index is 1.98. The number of rotatable bonds is 5. The molecule has 0 bridgehead atoms. The minimum Gasteiger partial charge on any atom is -0.366 e. The highest BCUT2D eigenvalue weighted by atomic mass is 32.1. The fourth-order valence-corrected chi connectivity index (χ4v) is 2.50. The fourth-order valence-electron chi connectivity index (χ4n) is 1.74. The molecule has 1 atom stereocenters. The Kier molecular flexibility index (Phi) is 4.12. The summed E-state index contributed by atoms with van der Waals surface area (Å²) in [4.78, 5) is 11.1. The molecule has 0 radical (unpaired) electrons. The molecule has 2 aromatic rings. The molecule has 1 aromatic carbocycles. The van der Waals surface area contributed by atoms with Crippen LogP contribution in [-0.4, -0.2) is 5.91 Å². The van der Waals surface area contributed by atoms with Crippen molar-refractivity contribution in [3.8, 4) is 0 Å². The molecular formula is C14H16N2OS. The van der Waals surface area contributed by atoms with E-state index in [2.05, 4.69) is 29.1 Å². The van der Waals surface area contributed by atoms with Crippen LogP contribution in [0.2, 0.25) is 0 Å². The van der Waals surface area contributed by atoms with Crippen LogP contribution in [-0.2, 0) is 6.54 Å². The lowest BCUT2D eigenvalue weighted by Crippen LogP contribution is -2.18. The summed E-state index contributed by atoms with van der Waals surface area (Å²) in [7, 11) is 0. The number of thiophene rings is 1. The molecular weight excluding hydrogens is 244 g/mol. The number of amides is 1. The van der Waals surface area contributed by atoms with Gasteiger partial charge in [0.1, 0.15) is 0 Å². The number of hydrogen-bond donors (Lipinski definition) is 2. The van der Waals surface area contributed by atoms with Gasteiger partial charge in [-0.15, -0.1) is 0 Å². The van der Waals surface area contributed by atoms with Gasteiger partial charge in [0.2, 0.25) is 5.91 Å². The van der Waals surface area contributed by atoms with Gasteiger partial charge < -0.3 is 11.1 Å². The van der Waals surface area contributed by atoms with Crippen molar-refractivity contribution in [2.45, 2.75) is 19.5 Å². The molecule has 1 amide bonds. The predicted octanol–water partition coefficient (Wildman–Crippen LogP) is 2.70. The predicted molar refractivity (Wildman–Crippen MR) is 74.5 cm³/mol. The molecule has 0 saturated carbocycles. The number of carbonyl (C=O) groups is 1.